The second-order valence-electron chi connectivity index (χ2n) is 4.03. The van der Waals surface area contributed by atoms with Crippen molar-refractivity contribution in [3.63, 3.8) is 0 Å². The zero-order chi connectivity index (χ0) is 14.9. The molecular weight excluding hydrogens is 288 g/mol. The average molecular weight is 303 g/mol. The highest BCUT2D eigenvalue weighted by Crippen LogP contribution is 2.26. The van der Waals surface area contributed by atoms with Crippen LogP contribution in [0.5, 0.6) is 5.75 Å². The van der Waals surface area contributed by atoms with Gasteiger partial charge in [0, 0.05) is 0 Å². The zero-order valence-corrected chi connectivity index (χ0v) is 12.2. The number of rotatable bonds is 7. The van der Waals surface area contributed by atoms with Gasteiger partial charge in [0.1, 0.15) is 24.7 Å². The van der Waals surface area contributed by atoms with E-state index in [1.54, 1.807) is 6.07 Å². The maximum atomic E-state index is 6.01. The second kappa shape index (κ2) is 8.07. The Morgan fingerprint density at radius 1 is 1.00 bits per heavy atom. The fourth-order valence-electron chi connectivity index (χ4n) is 1.54. The van der Waals surface area contributed by atoms with Crippen molar-refractivity contribution in [3.05, 3.63) is 66.4 Å². The summed E-state index contributed by atoms with van der Waals surface area (Å²) in [5.74, 6) is 0.749. The molecule has 0 bridgehead atoms. The fraction of sp³-hybridized carbons (Fsp3) is 0.125. The highest BCUT2D eigenvalue weighted by Gasteiger charge is 1.97. The molecule has 21 heavy (non-hydrogen) atoms. The van der Waals surface area contributed by atoms with Crippen LogP contribution in [0.1, 0.15) is 0 Å². The first-order chi connectivity index (χ1) is 10.3. The van der Waals surface area contributed by atoms with Crippen molar-refractivity contribution >= 4 is 23.0 Å². The SMILES string of the molecule is C=COCCOc1ccc(N=Nc2ccccc2Cl)cc1. The molecule has 0 atom stereocenters. The predicted molar refractivity (Wildman–Crippen MR) is 83.7 cm³/mol. The number of benzene rings is 2. The monoisotopic (exact) mass is 302 g/mol. The number of hydrogen-bond acceptors (Lipinski definition) is 4. The van der Waals surface area contributed by atoms with E-state index in [0.29, 0.717) is 23.9 Å². The summed E-state index contributed by atoms with van der Waals surface area (Å²) < 4.78 is 10.4. The van der Waals surface area contributed by atoms with Crippen LogP contribution in [0.3, 0.4) is 0 Å². The highest BCUT2D eigenvalue weighted by atomic mass is 35.5. The van der Waals surface area contributed by atoms with Gasteiger partial charge >= 0.3 is 0 Å². The van der Waals surface area contributed by atoms with Crippen LogP contribution in [-0.2, 0) is 4.74 Å². The van der Waals surface area contributed by atoms with Crippen LogP contribution < -0.4 is 4.74 Å². The average Bonchev–Trinajstić information content (AvgIpc) is 2.52. The minimum atomic E-state index is 0.465. The molecule has 5 heteroatoms. The lowest BCUT2D eigenvalue weighted by Crippen LogP contribution is -2.03. The summed E-state index contributed by atoms with van der Waals surface area (Å²) in [5, 5.41) is 8.82. The molecule has 0 aliphatic carbocycles. The van der Waals surface area contributed by atoms with E-state index < -0.39 is 0 Å². The minimum absolute atomic E-state index is 0.465. The highest BCUT2D eigenvalue weighted by molar-refractivity contribution is 6.32. The van der Waals surface area contributed by atoms with E-state index in [-0.39, 0.29) is 0 Å². The van der Waals surface area contributed by atoms with Gasteiger partial charge in [-0.25, -0.2) is 0 Å². The normalized spacial score (nSPS) is 10.5. The first-order valence-electron chi connectivity index (χ1n) is 6.41. The third-order valence-corrected chi connectivity index (χ3v) is 2.87. The van der Waals surface area contributed by atoms with Crippen LogP contribution in [0, 0.1) is 0 Å². The van der Waals surface area contributed by atoms with Crippen LogP contribution in [0.15, 0.2) is 71.6 Å². The lowest BCUT2D eigenvalue weighted by molar-refractivity contribution is 0.179. The number of ether oxygens (including phenoxy) is 2. The zero-order valence-electron chi connectivity index (χ0n) is 11.4. The van der Waals surface area contributed by atoms with Crippen LogP contribution in [-0.4, -0.2) is 13.2 Å². The molecule has 0 heterocycles. The maximum Gasteiger partial charge on any atom is 0.122 e. The molecule has 0 saturated carbocycles. The van der Waals surface area contributed by atoms with E-state index in [0.717, 1.165) is 11.4 Å². The summed E-state index contributed by atoms with van der Waals surface area (Å²) in [4.78, 5) is 0. The first-order valence-corrected chi connectivity index (χ1v) is 6.79. The van der Waals surface area contributed by atoms with Crippen molar-refractivity contribution in [2.45, 2.75) is 0 Å². The molecule has 2 rings (SSSR count). The van der Waals surface area contributed by atoms with Gasteiger partial charge in [-0.05, 0) is 36.4 Å². The molecule has 0 N–H and O–H groups in total. The molecule has 0 spiro atoms. The fourth-order valence-corrected chi connectivity index (χ4v) is 1.72. The molecule has 0 aliphatic rings. The van der Waals surface area contributed by atoms with Crippen molar-refractivity contribution < 1.29 is 9.47 Å². The van der Waals surface area contributed by atoms with Gasteiger partial charge in [0.15, 0.2) is 0 Å². The minimum Gasteiger partial charge on any atom is -0.498 e. The summed E-state index contributed by atoms with van der Waals surface area (Å²) in [6, 6.07) is 14.6. The van der Waals surface area contributed by atoms with Crippen molar-refractivity contribution in [3.8, 4) is 5.75 Å². The maximum absolute atomic E-state index is 6.01. The Hall–Kier alpha value is -2.33. The van der Waals surface area contributed by atoms with Crippen molar-refractivity contribution in [2.75, 3.05) is 13.2 Å². The topological polar surface area (TPSA) is 43.2 Å². The van der Waals surface area contributed by atoms with Gasteiger partial charge in [-0.1, -0.05) is 30.3 Å². The summed E-state index contributed by atoms with van der Waals surface area (Å²) in [5.41, 5.74) is 1.37. The molecule has 0 unspecified atom stereocenters. The third kappa shape index (κ3) is 4.93. The smallest absolute Gasteiger partial charge is 0.122 e. The Kier molecular flexibility index (Phi) is 5.79. The van der Waals surface area contributed by atoms with Gasteiger partial charge in [0.2, 0.25) is 0 Å². The van der Waals surface area contributed by atoms with Crippen LogP contribution >= 0.6 is 11.6 Å². The predicted octanol–water partition coefficient (Wildman–Crippen LogP) is 5.29. The van der Waals surface area contributed by atoms with Crippen molar-refractivity contribution in [2.24, 2.45) is 10.2 Å². The van der Waals surface area contributed by atoms with E-state index in [1.165, 1.54) is 6.26 Å². The standard InChI is InChI=1S/C16H15ClN2O2/c1-2-20-11-12-21-14-9-7-13(8-10-14)18-19-16-6-4-3-5-15(16)17/h2-10H,1,11-12H2. The molecule has 108 valence electrons. The molecule has 0 fully saturated rings. The Balaban J connectivity index is 1.93. The third-order valence-electron chi connectivity index (χ3n) is 2.55. The van der Waals surface area contributed by atoms with Gasteiger partial charge in [-0.2, -0.15) is 5.11 Å². The molecule has 0 saturated heterocycles. The summed E-state index contributed by atoms with van der Waals surface area (Å²) in [6.07, 6.45) is 1.39. The van der Waals surface area contributed by atoms with Gasteiger partial charge in [-0.3, -0.25) is 0 Å². The Labute approximate surface area is 128 Å². The van der Waals surface area contributed by atoms with Gasteiger partial charge in [0.05, 0.1) is 17.0 Å². The van der Waals surface area contributed by atoms with E-state index in [9.17, 15) is 0 Å². The van der Waals surface area contributed by atoms with Crippen LogP contribution in [0.25, 0.3) is 0 Å². The van der Waals surface area contributed by atoms with Crippen LogP contribution in [0.4, 0.5) is 11.4 Å². The molecule has 2 aromatic rings. The molecule has 0 amide bonds. The number of nitrogens with zero attached hydrogens (tertiary/aromatic N) is 2. The molecule has 4 nitrogen and oxygen atoms in total. The second-order valence-corrected chi connectivity index (χ2v) is 4.44. The lowest BCUT2D eigenvalue weighted by Gasteiger charge is -2.05. The Bertz CT molecular complexity index is 612. The first kappa shape index (κ1) is 15.1. The Morgan fingerprint density at radius 2 is 1.76 bits per heavy atom. The van der Waals surface area contributed by atoms with Crippen molar-refractivity contribution in [1.82, 2.24) is 0 Å². The summed E-state index contributed by atoms with van der Waals surface area (Å²) in [6.45, 7) is 4.39. The van der Waals surface area contributed by atoms with E-state index in [4.69, 9.17) is 21.1 Å². The van der Waals surface area contributed by atoms with E-state index >= 15 is 0 Å². The lowest BCUT2D eigenvalue weighted by atomic mass is 10.3. The number of hydrogen-bond donors (Lipinski definition) is 0. The summed E-state index contributed by atoms with van der Waals surface area (Å²) >= 11 is 6.01. The van der Waals surface area contributed by atoms with Gasteiger partial charge in [0.25, 0.3) is 0 Å². The van der Waals surface area contributed by atoms with E-state index in [1.807, 2.05) is 42.5 Å². The Morgan fingerprint density at radius 3 is 2.48 bits per heavy atom. The molecule has 0 radical (unpaired) electrons. The van der Waals surface area contributed by atoms with E-state index in [2.05, 4.69) is 16.8 Å². The molecule has 0 aromatic heterocycles. The van der Waals surface area contributed by atoms with Gasteiger partial charge in [-0.15, -0.1) is 5.11 Å². The molecular formula is C16H15ClN2O2. The largest absolute Gasteiger partial charge is 0.498 e. The molecule has 2 aromatic carbocycles. The van der Waals surface area contributed by atoms with Crippen molar-refractivity contribution in [1.29, 1.82) is 0 Å². The summed E-state index contributed by atoms with van der Waals surface area (Å²) in [7, 11) is 0. The van der Waals surface area contributed by atoms with Crippen LogP contribution in [0.2, 0.25) is 5.02 Å². The molecule has 0 aliphatic heterocycles. The van der Waals surface area contributed by atoms with Gasteiger partial charge < -0.3 is 9.47 Å². The number of azo groups is 1. The quantitative estimate of drug-likeness (QED) is 0.396. The number of halogens is 1.